The highest BCUT2D eigenvalue weighted by atomic mass is 31.2. The number of nitrogens with two attached hydrogens (primary N) is 2. The average molecular weight is 242 g/mol. The molecule has 0 aromatic carbocycles. The summed E-state index contributed by atoms with van der Waals surface area (Å²) in [6.45, 7) is 0. The predicted molar refractivity (Wildman–Crippen MR) is 45.6 cm³/mol. The van der Waals surface area contributed by atoms with Gasteiger partial charge in [0, 0.05) is 6.42 Å². The van der Waals surface area contributed by atoms with E-state index in [9.17, 15) is 14.2 Å². The Morgan fingerprint density at radius 1 is 1.40 bits per heavy atom. The van der Waals surface area contributed by atoms with Gasteiger partial charge in [-0.1, -0.05) is 4.67 Å². The number of amides is 1. The summed E-state index contributed by atoms with van der Waals surface area (Å²) in [5.41, 5.74) is 9.96. The summed E-state index contributed by atoms with van der Waals surface area (Å²) >= 11 is 0. The van der Waals surface area contributed by atoms with Gasteiger partial charge in [-0.15, -0.1) is 0 Å². The molecule has 6 N–H and O–H groups in total. The van der Waals surface area contributed by atoms with Crippen molar-refractivity contribution in [3.8, 4) is 0 Å². The molecule has 0 heterocycles. The second-order valence-electron chi connectivity index (χ2n) is 2.58. The Morgan fingerprint density at radius 2 is 1.93 bits per heavy atom. The fraction of sp³-hybridized carbons (Fsp3) is 0.600. The fourth-order valence-corrected chi connectivity index (χ4v) is 0.733. The quantitative estimate of drug-likeness (QED) is 0.239. The molecule has 0 saturated heterocycles. The zero-order valence-electron chi connectivity index (χ0n) is 7.53. The van der Waals surface area contributed by atoms with Crippen molar-refractivity contribution in [3.63, 3.8) is 0 Å². The van der Waals surface area contributed by atoms with Gasteiger partial charge in [0.15, 0.2) is 0 Å². The van der Waals surface area contributed by atoms with Crippen molar-refractivity contribution in [1.29, 1.82) is 0 Å². The van der Waals surface area contributed by atoms with Crippen molar-refractivity contribution < 1.29 is 33.5 Å². The van der Waals surface area contributed by atoms with E-state index in [1.165, 1.54) is 0 Å². The molecule has 1 amide bonds. The number of hydrogen-bond donors (Lipinski definition) is 4. The number of hydrogen-bond acceptors (Lipinski definition) is 6. The van der Waals surface area contributed by atoms with Crippen molar-refractivity contribution in [3.05, 3.63) is 0 Å². The van der Waals surface area contributed by atoms with E-state index < -0.39 is 25.7 Å². The summed E-state index contributed by atoms with van der Waals surface area (Å²) in [6.07, 6.45) is -0.245. The van der Waals surface area contributed by atoms with Gasteiger partial charge >= 0.3 is 13.8 Å². The molecule has 88 valence electrons. The molecule has 0 radical (unpaired) electrons. The van der Waals surface area contributed by atoms with E-state index in [-0.39, 0.29) is 12.8 Å². The van der Waals surface area contributed by atoms with Gasteiger partial charge in [0.2, 0.25) is 5.91 Å². The molecule has 0 rings (SSSR count). The number of carbonyl (C=O) groups is 2. The van der Waals surface area contributed by atoms with Crippen molar-refractivity contribution in [2.45, 2.75) is 18.9 Å². The zero-order valence-corrected chi connectivity index (χ0v) is 8.42. The van der Waals surface area contributed by atoms with Crippen LogP contribution in [0.5, 0.6) is 0 Å². The number of rotatable bonds is 6. The molecule has 0 fully saturated rings. The van der Waals surface area contributed by atoms with Crippen LogP contribution in [0.15, 0.2) is 0 Å². The van der Waals surface area contributed by atoms with Crippen LogP contribution in [0.4, 0.5) is 0 Å². The molecule has 0 saturated carbocycles. The van der Waals surface area contributed by atoms with Crippen LogP contribution in [0.3, 0.4) is 0 Å². The lowest BCUT2D eigenvalue weighted by molar-refractivity contribution is -0.224. The Morgan fingerprint density at radius 3 is 2.33 bits per heavy atom. The highest BCUT2D eigenvalue weighted by Gasteiger charge is 2.23. The van der Waals surface area contributed by atoms with Crippen LogP contribution in [-0.2, 0) is 23.7 Å². The molecule has 0 aliphatic heterocycles. The first-order valence-corrected chi connectivity index (χ1v) is 5.25. The van der Waals surface area contributed by atoms with Crippen molar-refractivity contribution in [2.75, 3.05) is 0 Å². The normalized spacial score (nSPS) is 13.3. The van der Waals surface area contributed by atoms with Gasteiger partial charge in [-0.3, -0.25) is 9.68 Å². The molecular formula is C5H11N2O7P. The lowest BCUT2D eigenvalue weighted by atomic mass is 10.2. The first-order valence-electron chi connectivity index (χ1n) is 3.72. The molecule has 15 heavy (non-hydrogen) atoms. The zero-order chi connectivity index (χ0) is 12.1. The maximum absolute atomic E-state index is 10.8. The van der Waals surface area contributed by atoms with E-state index in [0.717, 1.165) is 0 Å². The van der Waals surface area contributed by atoms with E-state index in [1.54, 1.807) is 0 Å². The topological polar surface area (TPSA) is 162 Å². The summed E-state index contributed by atoms with van der Waals surface area (Å²) < 4.78 is 13.5. The molecule has 0 bridgehead atoms. The van der Waals surface area contributed by atoms with Crippen LogP contribution in [-0.4, -0.2) is 27.7 Å². The van der Waals surface area contributed by atoms with Crippen molar-refractivity contribution in [1.82, 2.24) is 0 Å². The molecule has 0 aliphatic carbocycles. The maximum atomic E-state index is 10.8. The predicted octanol–water partition coefficient (Wildman–Crippen LogP) is -1.85. The Kier molecular flexibility index (Phi) is 5.40. The standard InChI is InChI=1S/C5H11N2O7P/c6-3(1-2-4(7)8)5(9)13-14-15(10,11)12/h3H,1-2,6H2,(H2,7,8)(H2,10,11,12). The Balaban J connectivity index is 3.89. The molecular weight excluding hydrogens is 231 g/mol. The number of carbonyl (C=O) groups excluding carboxylic acids is 2. The third-order valence-electron chi connectivity index (χ3n) is 1.22. The smallest absolute Gasteiger partial charge is 0.370 e. The second kappa shape index (κ2) is 5.79. The molecule has 10 heteroatoms. The van der Waals surface area contributed by atoms with Crippen molar-refractivity contribution in [2.24, 2.45) is 11.5 Å². The second-order valence-corrected chi connectivity index (χ2v) is 3.71. The highest BCUT2D eigenvalue weighted by molar-refractivity contribution is 7.46. The van der Waals surface area contributed by atoms with Gasteiger partial charge in [0.1, 0.15) is 6.04 Å². The minimum atomic E-state index is -4.89. The van der Waals surface area contributed by atoms with E-state index in [0.29, 0.717) is 0 Å². The van der Waals surface area contributed by atoms with Gasteiger partial charge in [0.05, 0.1) is 0 Å². The lowest BCUT2D eigenvalue weighted by Gasteiger charge is -2.08. The van der Waals surface area contributed by atoms with Crippen LogP contribution < -0.4 is 11.5 Å². The summed E-state index contributed by atoms with van der Waals surface area (Å²) in [7, 11) is -4.89. The summed E-state index contributed by atoms with van der Waals surface area (Å²) in [5.74, 6) is -1.85. The summed E-state index contributed by atoms with van der Waals surface area (Å²) in [6, 6.07) is -1.23. The molecule has 0 aliphatic rings. The van der Waals surface area contributed by atoms with Gasteiger partial charge in [-0.25, -0.2) is 9.36 Å². The van der Waals surface area contributed by atoms with Crippen LogP contribution in [0.1, 0.15) is 12.8 Å². The van der Waals surface area contributed by atoms with Crippen LogP contribution in [0, 0.1) is 0 Å². The molecule has 0 aromatic rings. The number of phosphoric acid groups is 1. The Hall–Kier alpha value is -0.990. The molecule has 1 atom stereocenters. The van der Waals surface area contributed by atoms with E-state index >= 15 is 0 Å². The van der Waals surface area contributed by atoms with E-state index in [2.05, 4.69) is 9.56 Å². The van der Waals surface area contributed by atoms with Gasteiger partial charge in [-0.05, 0) is 6.42 Å². The third-order valence-corrected chi connectivity index (χ3v) is 1.49. The van der Waals surface area contributed by atoms with Crippen LogP contribution in [0.2, 0.25) is 0 Å². The molecule has 0 aromatic heterocycles. The first kappa shape index (κ1) is 14.0. The Bertz CT molecular complexity index is 287. The highest BCUT2D eigenvalue weighted by Crippen LogP contribution is 2.35. The fourth-order valence-electron chi connectivity index (χ4n) is 0.563. The van der Waals surface area contributed by atoms with Crippen LogP contribution in [0.25, 0.3) is 0 Å². The summed E-state index contributed by atoms with van der Waals surface area (Å²) in [4.78, 5) is 41.2. The molecule has 1 unspecified atom stereocenters. The minimum absolute atomic E-state index is 0.0985. The lowest BCUT2D eigenvalue weighted by Crippen LogP contribution is -2.33. The molecule has 9 nitrogen and oxygen atoms in total. The SMILES string of the molecule is NC(=O)CCC(N)C(=O)OOP(=O)(O)O. The van der Waals surface area contributed by atoms with E-state index in [1.807, 2.05) is 0 Å². The van der Waals surface area contributed by atoms with Gasteiger partial charge in [0.25, 0.3) is 0 Å². The Labute approximate surface area is 84.5 Å². The minimum Gasteiger partial charge on any atom is -0.370 e. The summed E-state index contributed by atoms with van der Waals surface area (Å²) in [5, 5.41) is 0. The van der Waals surface area contributed by atoms with Gasteiger partial charge < -0.3 is 21.3 Å². The van der Waals surface area contributed by atoms with Gasteiger partial charge in [-0.2, -0.15) is 0 Å². The number of primary amides is 1. The monoisotopic (exact) mass is 242 g/mol. The van der Waals surface area contributed by atoms with E-state index in [4.69, 9.17) is 21.3 Å². The molecule has 0 spiro atoms. The van der Waals surface area contributed by atoms with Crippen LogP contribution >= 0.6 is 7.82 Å². The average Bonchev–Trinajstić information content (AvgIpc) is 2.08. The largest absolute Gasteiger partial charge is 0.505 e. The maximum Gasteiger partial charge on any atom is 0.505 e. The van der Waals surface area contributed by atoms with Crippen molar-refractivity contribution >= 4 is 19.7 Å². The first-order chi connectivity index (χ1) is 6.72. The third kappa shape index (κ3) is 8.03.